The summed E-state index contributed by atoms with van der Waals surface area (Å²) in [5, 5.41) is 4.62. The molecule has 0 unspecified atom stereocenters. The molecule has 0 radical (unpaired) electrons. The first-order valence-corrected chi connectivity index (χ1v) is 8.24. The standard InChI is InChI=1S/C18H14F4N6O2/c19-13-6-3-10(7-12(13)18(20,21)22)27-17(30)26-9-1-4-11(5-2-9)28-8-25-14(15(28)23)16(24)29/h1-8H,23H2,(H2,24,29)(H2,26,27,30). The van der Waals surface area contributed by atoms with Crippen LogP contribution in [0.5, 0.6) is 0 Å². The smallest absolute Gasteiger partial charge is 0.383 e. The Morgan fingerprint density at radius 2 is 1.60 bits per heavy atom. The van der Waals surface area contributed by atoms with Gasteiger partial charge >= 0.3 is 12.2 Å². The van der Waals surface area contributed by atoms with Crippen molar-refractivity contribution in [1.82, 2.24) is 9.55 Å². The van der Waals surface area contributed by atoms with E-state index in [0.29, 0.717) is 23.5 Å². The summed E-state index contributed by atoms with van der Waals surface area (Å²) < 4.78 is 53.0. The van der Waals surface area contributed by atoms with Crippen molar-refractivity contribution in [2.24, 2.45) is 5.73 Å². The van der Waals surface area contributed by atoms with Gasteiger partial charge < -0.3 is 22.1 Å². The summed E-state index contributed by atoms with van der Waals surface area (Å²) in [6.07, 6.45) is -3.59. The van der Waals surface area contributed by atoms with Gasteiger partial charge in [0.25, 0.3) is 5.91 Å². The third kappa shape index (κ3) is 4.32. The Hall–Kier alpha value is -4.09. The van der Waals surface area contributed by atoms with Crippen LogP contribution in [0.25, 0.3) is 5.69 Å². The van der Waals surface area contributed by atoms with Gasteiger partial charge in [-0.2, -0.15) is 13.2 Å². The minimum Gasteiger partial charge on any atom is -0.383 e. The number of nitrogen functional groups attached to an aromatic ring is 1. The number of primary amides is 1. The van der Waals surface area contributed by atoms with Crippen LogP contribution in [0.4, 0.5) is 39.5 Å². The molecule has 3 rings (SSSR count). The number of alkyl halides is 3. The first kappa shape index (κ1) is 20.6. The topological polar surface area (TPSA) is 128 Å². The first-order chi connectivity index (χ1) is 14.1. The molecule has 30 heavy (non-hydrogen) atoms. The highest BCUT2D eigenvalue weighted by Crippen LogP contribution is 2.33. The molecule has 12 heteroatoms. The van der Waals surface area contributed by atoms with Gasteiger partial charge in [-0.15, -0.1) is 0 Å². The molecule has 0 atom stereocenters. The summed E-state index contributed by atoms with van der Waals surface area (Å²) >= 11 is 0. The summed E-state index contributed by atoms with van der Waals surface area (Å²) in [6.45, 7) is 0. The average molecular weight is 422 g/mol. The molecule has 0 aliphatic carbocycles. The fraction of sp³-hybridized carbons (Fsp3) is 0.0556. The molecule has 1 aromatic heterocycles. The molecular weight excluding hydrogens is 408 g/mol. The van der Waals surface area contributed by atoms with E-state index in [1.165, 1.54) is 23.0 Å². The zero-order valence-corrected chi connectivity index (χ0v) is 15.0. The second-order valence-electron chi connectivity index (χ2n) is 6.03. The number of benzene rings is 2. The molecule has 1 heterocycles. The van der Waals surface area contributed by atoms with Gasteiger partial charge in [0, 0.05) is 17.1 Å². The van der Waals surface area contributed by atoms with E-state index in [4.69, 9.17) is 11.5 Å². The monoisotopic (exact) mass is 422 g/mol. The maximum Gasteiger partial charge on any atom is 0.419 e. The number of nitrogens with zero attached hydrogens (tertiary/aromatic N) is 2. The number of nitrogens with one attached hydrogen (secondary N) is 2. The molecule has 3 aromatic rings. The van der Waals surface area contributed by atoms with Gasteiger partial charge in [-0.1, -0.05) is 0 Å². The van der Waals surface area contributed by atoms with Crippen molar-refractivity contribution in [2.45, 2.75) is 6.18 Å². The van der Waals surface area contributed by atoms with Gasteiger partial charge in [0.2, 0.25) is 0 Å². The Kier molecular flexibility index (Phi) is 5.32. The van der Waals surface area contributed by atoms with Crippen molar-refractivity contribution in [3.05, 3.63) is 65.9 Å². The number of hydrogen-bond acceptors (Lipinski definition) is 4. The van der Waals surface area contributed by atoms with Crippen LogP contribution in [0.3, 0.4) is 0 Å². The lowest BCUT2D eigenvalue weighted by atomic mass is 10.2. The van der Waals surface area contributed by atoms with Crippen LogP contribution >= 0.6 is 0 Å². The lowest BCUT2D eigenvalue weighted by Crippen LogP contribution is -2.20. The van der Waals surface area contributed by atoms with Gasteiger partial charge in [-0.05, 0) is 42.5 Å². The predicted octanol–water partition coefficient (Wildman–Crippen LogP) is 3.36. The van der Waals surface area contributed by atoms with E-state index in [1.54, 1.807) is 12.1 Å². The van der Waals surface area contributed by atoms with E-state index in [1.807, 2.05) is 0 Å². The van der Waals surface area contributed by atoms with Crippen molar-refractivity contribution in [3.8, 4) is 5.69 Å². The van der Waals surface area contributed by atoms with Gasteiger partial charge in [-0.25, -0.2) is 14.2 Å². The molecule has 3 amide bonds. The van der Waals surface area contributed by atoms with E-state index in [0.717, 1.165) is 6.07 Å². The highest BCUT2D eigenvalue weighted by atomic mass is 19.4. The fourth-order valence-corrected chi connectivity index (χ4v) is 2.57. The van der Waals surface area contributed by atoms with E-state index in [-0.39, 0.29) is 17.2 Å². The van der Waals surface area contributed by atoms with Gasteiger partial charge in [0.15, 0.2) is 5.69 Å². The number of aromatic nitrogens is 2. The molecule has 156 valence electrons. The second-order valence-corrected chi connectivity index (χ2v) is 6.03. The number of anilines is 3. The van der Waals surface area contributed by atoms with Crippen LogP contribution in [0.15, 0.2) is 48.8 Å². The van der Waals surface area contributed by atoms with E-state index < -0.39 is 29.5 Å². The minimum absolute atomic E-state index is 0.0396. The lowest BCUT2D eigenvalue weighted by Gasteiger charge is -2.12. The lowest BCUT2D eigenvalue weighted by molar-refractivity contribution is -0.139. The third-order valence-electron chi connectivity index (χ3n) is 3.97. The Bertz CT molecular complexity index is 1110. The number of carbonyl (C=O) groups is 2. The fourth-order valence-electron chi connectivity index (χ4n) is 2.57. The van der Waals surface area contributed by atoms with Crippen LogP contribution < -0.4 is 22.1 Å². The van der Waals surface area contributed by atoms with Gasteiger partial charge in [0.1, 0.15) is 18.0 Å². The normalized spacial score (nSPS) is 11.2. The van der Waals surface area contributed by atoms with Gasteiger partial charge in [-0.3, -0.25) is 9.36 Å². The number of halogens is 4. The Morgan fingerprint density at radius 1 is 1.00 bits per heavy atom. The Morgan fingerprint density at radius 3 is 2.17 bits per heavy atom. The number of imidazole rings is 1. The van der Waals surface area contributed by atoms with Crippen molar-refractivity contribution in [1.29, 1.82) is 0 Å². The number of nitrogens with two attached hydrogens (primary N) is 2. The van der Waals surface area contributed by atoms with E-state index in [9.17, 15) is 27.2 Å². The summed E-state index contributed by atoms with van der Waals surface area (Å²) in [5.74, 6) is -2.18. The average Bonchev–Trinajstić information content (AvgIpc) is 3.04. The molecule has 0 aliphatic rings. The molecule has 8 nitrogen and oxygen atoms in total. The van der Waals surface area contributed by atoms with Crippen molar-refractivity contribution >= 4 is 29.1 Å². The molecule has 0 spiro atoms. The van der Waals surface area contributed by atoms with Crippen molar-refractivity contribution in [3.63, 3.8) is 0 Å². The molecule has 6 N–H and O–H groups in total. The maximum atomic E-state index is 13.3. The number of carbonyl (C=O) groups excluding carboxylic acids is 2. The quantitative estimate of drug-likeness (QED) is 0.481. The SMILES string of the molecule is NC(=O)c1ncn(-c2ccc(NC(=O)Nc3ccc(F)c(C(F)(F)F)c3)cc2)c1N. The summed E-state index contributed by atoms with van der Waals surface area (Å²) in [4.78, 5) is 27.1. The second kappa shape index (κ2) is 7.73. The van der Waals surface area contributed by atoms with Crippen molar-refractivity contribution in [2.75, 3.05) is 16.4 Å². The van der Waals surface area contributed by atoms with E-state index >= 15 is 0 Å². The minimum atomic E-state index is -4.89. The van der Waals surface area contributed by atoms with Crippen LogP contribution in [0.2, 0.25) is 0 Å². The molecule has 0 saturated heterocycles. The molecule has 0 aliphatic heterocycles. The maximum absolute atomic E-state index is 13.3. The number of urea groups is 1. The molecule has 0 saturated carbocycles. The molecule has 0 bridgehead atoms. The van der Waals surface area contributed by atoms with Crippen LogP contribution in [0, 0.1) is 5.82 Å². The molecule has 0 fully saturated rings. The largest absolute Gasteiger partial charge is 0.419 e. The molecule has 2 aromatic carbocycles. The highest BCUT2D eigenvalue weighted by molar-refractivity contribution is 6.00. The zero-order chi connectivity index (χ0) is 22.1. The summed E-state index contributed by atoms with van der Waals surface area (Å²) in [5.41, 5.74) is 9.98. The van der Waals surface area contributed by atoms with E-state index in [2.05, 4.69) is 15.6 Å². The number of rotatable bonds is 4. The first-order valence-electron chi connectivity index (χ1n) is 8.24. The zero-order valence-electron chi connectivity index (χ0n) is 15.0. The predicted molar refractivity (Wildman–Crippen MR) is 101 cm³/mol. The third-order valence-corrected chi connectivity index (χ3v) is 3.97. The Balaban J connectivity index is 1.70. The number of amides is 3. The Labute approximate surface area is 166 Å². The molecular formula is C18H14F4N6O2. The number of hydrogen-bond donors (Lipinski definition) is 4. The van der Waals surface area contributed by atoms with Crippen LogP contribution in [0.1, 0.15) is 16.1 Å². The van der Waals surface area contributed by atoms with Gasteiger partial charge in [0.05, 0.1) is 5.56 Å². The summed E-state index contributed by atoms with van der Waals surface area (Å²) in [6, 6.07) is 7.37. The van der Waals surface area contributed by atoms with Crippen molar-refractivity contribution < 1.29 is 27.2 Å². The van der Waals surface area contributed by atoms with Crippen LogP contribution in [-0.4, -0.2) is 21.5 Å². The summed E-state index contributed by atoms with van der Waals surface area (Å²) in [7, 11) is 0. The highest BCUT2D eigenvalue weighted by Gasteiger charge is 2.34. The van der Waals surface area contributed by atoms with Crippen LogP contribution in [-0.2, 0) is 6.18 Å².